The van der Waals surface area contributed by atoms with Crippen molar-refractivity contribution in [3.63, 3.8) is 0 Å². The lowest BCUT2D eigenvalue weighted by molar-refractivity contribution is 0.469. The number of benzene rings is 1. The van der Waals surface area contributed by atoms with Crippen LogP contribution in [0.5, 0.6) is 0 Å². The van der Waals surface area contributed by atoms with E-state index in [1.807, 2.05) is 0 Å². The van der Waals surface area contributed by atoms with Crippen molar-refractivity contribution in [2.24, 2.45) is 10.8 Å². The van der Waals surface area contributed by atoms with E-state index in [2.05, 4.69) is 122 Å². The molecule has 0 heteroatoms. The average Bonchev–Trinajstić information content (AvgIpc) is 2.20. The van der Waals surface area contributed by atoms with Gasteiger partial charge in [0.15, 0.2) is 0 Å². The zero-order valence-corrected chi connectivity index (χ0v) is 20.2. The molecule has 0 fully saturated rings. The summed E-state index contributed by atoms with van der Waals surface area (Å²) in [6.07, 6.45) is 0. The van der Waals surface area contributed by atoms with Gasteiger partial charge < -0.3 is 0 Å². The fourth-order valence-corrected chi connectivity index (χ4v) is 1.97. The van der Waals surface area contributed by atoms with Gasteiger partial charge in [0.05, 0.1) is 0 Å². The fraction of sp³-hybridized carbons (Fsp3) is 0.760. The van der Waals surface area contributed by atoms with E-state index in [1.54, 1.807) is 0 Å². The molecule has 0 spiro atoms. The highest BCUT2D eigenvalue weighted by atomic mass is 14.2. The molecule has 148 valence electrons. The summed E-state index contributed by atoms with van der Waals surface area (Å²) in [6.45, 7) is 33.3. The Morgan fingerprint density at radius 3 is 1.04 bits per heavy atom. The third-order valence-electron chi connectivity index (χ3n) is 2.90. The van der Waals surface area contributed by atoms with Gasteiger partial charge in [0.2, 0.25) is 0 Å². The molecule has 0 unspecified atom stereocenters. The van der Waals surface area contributed by atoms with E-state index >= 15 is 0 Å². The fourth-order valence-electron chi connectivity index (χ4n) is 1.97. The third-order valence-corrected chi connectivity index (χ3v) is 2.90. The van der Waals surface area contributed by atoms with Gasteiger partial charge in [-0.2, -0.15) is 0 Å². The lowest BCUT2D eigenvalue weighted by atomic mass is 9.80. The summed E-state index contributed by atoms with van der Waals surface area (Å²) in [5.41, 5.74) is 5.79. The third kappa shape index (κ3) is 17.8. The summed E-state index contributed by atoms with van der Waals surface area (Å²) in [7, 11) is 0. The van der Waals surface area contributed by atoms with Gasteiger partial charge in [0.1, 0.15) is 0 Å². The minimum Gasteiger partial charge on any atom is -0.0604 e. The summed E-state index contributed by atoms with van der Waals surface area (Å²) >= 11 is 0. The Morgan fingerprint density at radius 1 is 0.520 bits per heavy atom. The minimum atomic E-state index is 0.250. The minimum absolute atomic E-state index is 0.250. The Kier molecular flexibility index (Phi) is 9.78. The molecule has 0 aliphatic rings. The van der Waals surface area contributed by atoms with E-state index in [-0.39, 0.29) is 10.8 Å². The molecule has 25 heavy (non-hydrogen) atoms. The highest BCUT2D eigenvalue weighted by Gasteiger charge is 2.19. The van der Waals surface area contributed by atoms with Crippen molar-refractivity contribution in [2.45, 2.75) is 115 Å². The second-order valence-corrected chi connectivity index (χ2v) is 12.5. The molecular formula is C25H48. The van der Waals surface area contributed by atoms with E-state index in [9.17, 15) is 0 Å². The van der Waals surface area contributed by atoms with Gasteiger partial charge in [0, 0.05) is 0 Å². The molecule has 0 aliphatic carbocycles. The molecule has 0 heterocycles. The first-order valence-corrected chi connectivity index (χ1v) is 9.74. The van der Waals surface area contributed by atoms with Gasteiger partial charge >= 0.3 is 0 Å². The van der Waals surface area contributed by atoms with Crippen molar-refractivity contribution in [3.8, 4) is 0 Å². The van der Waals surface area contributed by atoms with Crippen molar-refractivity contribution >= 4 is 0 Å². The molecule has 1 aromatic carbocycles. The van der Waals surface area contributed by atoms with Gasteiger partial charge in [-0.15, -0.1) is 0 Å². The van der Waals surface area contributed by atoms with Crippen LogP contribution < -0.4 is 0 Å². The molecule has 0 nitrogen and oxygen atoms in total. The van der Waals surface area contributed by atoms with Gasteiger partial charge in [-0.3, -0.25) is 0 Å². The molecule has 1 aromatic rings. The highest BCUT2D eigenvalue weighted by molar-refractivity contribution is 5.37. The van der Waals surface area contributed by atoms with Crippen molar-refractivity contribution in [2.75, 3.05) is 0 Å². The topological polar surface area (TPSA) is 0 Å². The molecule has 0 aliphatic heterocycles. The molecule has 0 aromatic heterocycles. The summed E-state index contributed by atoms with van der Waals surface area (Å²) < 4.78 is 0. The lowest BCUT2D eigenvalue weighted by Crippen LogP contribution is -2.16. The number of hydrogen-bond donors (Lipinski definition) is 0. The predicted molar refractivity (Wildman–Crippen MR) is 119 cm³/mol. The summed E-state index contributed by atoms with van der Waals surface area (Å²) in [5.74, 6) is 0. The van der Waals surface area contributed by atoms with Crippen LogP contribution in [0.4, 0.5) is 0 Å². The molecule has 0 saturated heterocycles. The largest absolute Gasteiger partial charge is 0.0604 e. The standard InChI is InChI=1S/C15H24.2C5H12/c1-11-10-12(14(2,3)4)8-9-13(11)15(5,6)7;2*1-5(2,3)4/h8-10H,1-7H3;2*1-4H3. The highest BCUT2D eigenvalue weighted by Crippen LogP contribution is 2.30. The molecule has 0 saturated carbocycles. The van der Waals surface area contributed by atoms with Gasteiger partial charge in [0.25, 0.3) is 0 Å². The zero-order chi connectivity index (χ0) is 20.9. The Bertz CT molecular complexity index is 467. The molecular weight excluding hydrogens is 300 g/mol. The number of aryl methyl sites for hydroxylation is 1. The quantitative estimate of drug-likeness (QED) is 0.440. The number of hydrogen-bond acceptors (Lipinski definition) is 0. The second kappa shape index (κ2) is 9.24. The smallest absolute Gasteiger partial charge is 0.0129 e. The van der Waals surface area contributed by atoms with Crippen molar-refractivity contribution in [3.05, 3.63) is 34.9 Å². The van der Waals surface area contributed by atoms with Crippen LogP contribution >= 0.6 is 0 Å². The Labute approximate surface area is 160 Å². The predicted octanol–water partition coefficient (Wildman–Crippen LogP) is 8.69. The van der Waals surface area contributed by atoms with Gasteiger partial charge in [-0.25, -0.2) is 0 Å². The van der Waals surface area contributed by atoms with E-state index in [1.165, 1.54) is 16.7 Å². The van der Waals surface area contributed by atoms with Crippen LogP contribution in [-0.4, -0.2) is 0 Å². The van der Waals surface area contributed by atoms with Crippen LogP contribution in [-0.2, 0) is 10.8 Å². The van der Waals surface area contributed by atoms with Crippen LogP contribution in [0.3, 0.4) is 0 Å². The van der Waals surface area contributed by atoms with E-state index in [0.717, 1.165) is 0 Å². The van der Waals surface area contributed by atoms with Crippen LogP contribution in [0.1, 0.15) is 114 Å². The molecule has 0 bridgehead atoms. The first-order valence-electron chi connectivity index (χ1n) is 9.74. The van der Waals surface area contributed by atoms with Crippen LogP contribution in [0.15, 0.2) is 18.2 Å². The zero-order valence-electron chi connectivity index (χ0n) is 20.2. The first kappa shape index (κ1) is 26.4. The molecule has 1 rings (SSSR count). The monoisotopic (exact) mass is 348 g/mol. The Morgan fingerprint density at radius 2 is 0.840 bits per heavy atom. The van der Waals surface area contributed by atoms with Gasteiger partial charge in [-0.1, -0.05) is 115 Å². The van der Waals surface area contributed by atoms with Crippen LogP contribution in [0.2, 0.25) is 0 Å². The molecule has 0 atom stereocenters. The van der Waals surface area contributed by atoms with Crippen molar-refractivity contribution < 1.29 is 0 Å². The maximum Gasteiger partial charge on any atom is -0.0129 e. The van der Waals surface area contributed by atoms with E-state index in [4.69, 9.17) is 0 Å². The second-order valence-electron chi connectivity index (χ2n) is 12.5. The van der Waals surface area contributed by atoms with E-state index in [0.29, 0.717) is 10.8 Å². The maximum atomic E-state index is 2.33. The molecule has 0 N–H and O–H groups in total. The Hall–Kier alpha value is -0.780. The first-order chi connectivity index (χ1) is 10.6. The van der Waals surface area contributed by atoms with Crippen molar-refractivity contribution in [1.29, 1.82) is 0 Å². The summed E-state index contributed by atoms with van der Waals surface area (Å²) in [4.78, 5) is 0. The normalized spacial score (nSPS) is 12.6. The van der Waals surface area contributed by atoms with Crippen LogP contribution in [0, 0.1) is 17.8 Å². The van der Waals surface area contributed by atoms with Crippen molar-refractivity contribution in [1.82, 2.24) is 0 Å². The van der Waals surface area contributed by atoms with Gasteiger partial charge in [-0.05, 0) is 45.3 Å². The molecule has 0 amide bonds. The Balaban J connectivity index is 0. The SMILES string of the molecule is CC(C)(C)C.CC(C)(C)C.Cc1cc(C(C)(C)C)ccc1C(C)(C)C. The molecule has 0 radical (unpaired) electrons. The number of rotatable bonds is 0. The lowest BCUT2D eigenvalue weighted by Gasteiger charge is -2.25. The average molecular weight is 349 g/mol. The summed E-state index contributed by atoms with van der Waals surface area (Å²) in [6, 6.07) is 6.89. The summed E-state index contributed by atoms with van der Waals surface area (Å²) in [5, 5.41) is 0. The maximum absolute atomic E-state index is 2.33. The van der Waals surface area contributed by atoms with E-state index < -0.39 is 0 Å². The van der Waals surface area contributed by atoms with Crippen LogP contribution in [0.25, 0.3) is 0 Å².